The summed E-state index contributed by atoms with van der Waals surface area (Å²) in [6, 6.07) is 0. The molecule has 1 unspecified atom stereocenters. The third-order valence-corrected chi connectivity index (χ3v) is 3.93. The Hall–Kier alpha value is 0.400. The average molecular weight is 278 g/mol. The summed E-state index contributed by atoms with van der Waals surface area (Å²) in [4.78, 5) is 3.21. The van der Waals surface area contributed by atoms with Gasteiger partial charge in [0.2, 0.25) is 0 Å². The van der Waals surface area contributed by atoms with Crippen LogP contribution in [0.2, 0.25) is 0 Å². The molecule has 1 saturated heterocycles. The first-order chi connectivity index (χ1) is 7.24. The lowest BCUT2D eigenvalue weighted by Gasteiger charge is -2.33. The van der Waals surface area contributed by atoms with Crippen LogP contribution in [0.1, 0.15) is 33.1 Å². The predicted molar refractivity (Wildman–Crippen MR) is 68.7 cm³/mol. The Morgan fingerprint density at radius 3 is 2.53 bits per heavy atom. The van der Waals surface area contributed by atoms with Gasteiger partial charge in [0.05, 0.1) is 6.61 Å². The number of piperidine rings is 1. The molecule has 1 aliphatic heterocycles. The van der Waals surface area contributed by atoms with E-state index in [1.54, 1.807) is 0 Å². The highest BCUT2D eigenvalue weighted by Crippen LogP contribution is 2.24. The first-order valence-corrected chi connectivity index (χ1v) is 7.09. The minimum atomic E-state index is 0.677. The molecule has 1 rings (SSSR count). The molecule has 1 aliphatic rings. The van der Waals surface area contributed by atoms with Gasteiger partial charge in [0.1, 0.15) is 0 Å². The van der Waals surface area contributed by atoms with Gasteiger partial charge < -0.3 is 9.64 Å². The molecule has 0 amide bonds. The van der Waals surface area contributed by atoms with Gasteiger partial charge in [-0.15, -0.1) is 0 Å². The Labute approximate surface area is 102 Å². The maximum Gasteiger partial charge on any atom is 0.0593 e. The van der Waals surface area contributed by atoms with Crippen LogP contribution >= 0.6 is 15.9 Å². The Balaban J connectivity index is 2.04. The molecule has 0 radical (unpaired) electrons. The fraction of sp³-hybridized carbons (Fsp3) is 1.00. The van der Waals surface area contributed by atoms with Gasteiger partial charge in [-0.05, 0) is 38.3 Å². The van der Waals surface area contributed by atoms with E-state index in [9.17, 15) is 0 Å². The minimum Gasteiger partial charge on any atom is -0.380 e. The van der Waals surface area contributed by atoms with Crippen molar-refractivity contribution in [2.24, 2.45) is 5.92 Å². The highest BCUT2D eigenvalue weighted by atomic mass is 79.9. The normalized spacial score (nSPS) is 21.8. The summed E-state index contributed by atoms with van der Waals surface area (Å²) in [5.74, 6) is 0.873. The molecule has 3 heteroatoms. The quantitative estimate of drug-likeness (QED) is 0.547. The van der Waals surface area contributed by atoms with Crippen molar-refractivity contribution in [2.45, 2.75) is 37.9 Å². The Morgan fingerprint density at radius 1 is 1.33 bits per heavy atom. The molecular weight excluding hydrogens is 254 g/mol. The lowest BCUT2D eigenvalue weighted by atomic mass is 9.94. The molecule has 1 atom stereocenters. The van der Waals surface area contributed by atoms with Gasteiger partial charge >= 0.3 is 0 Å². The summed E-state index contributed by atoms with van der Waals surface area (Å²) in [7, 11) is 0. The maximum atomic E-state index is 5.51. The minimum absolute atomic E-state index is 0.677. The van der Waals surface area contributed by atoms with Crippen molar-refractivity contribution in [2.75, 3.05) is 32.8 Å². The summed E-state index contributed by atoms with van der Waals surface area (Å²) >= 11 is 3.69. The van der Waals surface area contributed by atoms with E-state index in [1.807, 2.05) is 0 Å². The zero-order valence-electron chi connectivity index (χ0n) is 10.0. The second-order valence-electron chi connectivity index (χ2n) is 4.47. The lowest BCUT2D eigenvalue weighted by Crippen LogP contribution is -2.37. The van der Waals surface area contributed by atoms with Crippen LogP contribution in [-0.2, 0) is 4.74 Å². The van der Waals surface area contributed by atoms with Crippen LogP contribution in [-0.4, -0.2) is 42.6 Å². The first kappa shape index (κ1) is 13.5. The molecule has 0 aliphatic carbocycles. The van der Waals surface area contributed by atoms with Gasteiger partial charge in [-0.1, -0.05) is 29.8 Å². The van der Waals surface area contributed by atoms with Crippen molar-refractivity contribution in [1.29, 1.82) is 0 Å². The molecular formula is C12H24BrNO. The van der Waals surface area contributed by atoms with Crippen LogP contribution in [0.25, 0.3) is 0 Å². The predicted octanol–water partition coefficient (Wildman–Crippen LogP) is 2.91. The van der Waals surface area contributed by atoms with Gasteiger partial charge in [0, 0.05) is 18.0 Å². The Morgan fingerprint density at radius 2 is 2.00 bits per heavy atom. The summed E-state index contributed by atoms with van der Waals surface area (Å²) < 4.78 is 5.51. The molecule has 0 N–H and O–H groups in total. The van der Waals surface area contributed by atoms with Gasteiger partial charge in [0.15, 0.2) is 0 Å². The number of alkyl halides is 1. The van der Waals surface area contributed by atoms with Crippen molar-refractivity contribution < 1.29 is 4.74 Å². The number of nitrogens with zero attached hydrogens (tertiary/aromatic N) is 1. The van der Waals surface area contributed by atoms with Crippen LogP contribution in [0, 0.1) is 5.92 Å². The molecule has 0 saturated carbocycles. The Kier molecular flexibility index (Phi) is 6.86. The van der Waals surface area contributed by atoms with Crippen molar-refractivity contribution in [3.63, 3.8) is 0 Å². The molecule has 1 fully saturated rings. The fourth-order valence-corrected chi connectivity index (χ4v) is 2.60. The zero-order valence-corrected chi connectivity index (χ0v) is 11.6. The molecule has 0 spiro atoms. The Bertz CT molecular complexity index is 156. The van der Waals surface area contributed by atoms with E-state index < -0.39 is 0 Å². The molecule has 1 heterocycles. The van der Waals surface area contributed by atoms with E-state index in [-0.39, 0.29) is 0 Å². The third kappa shape index (κ3) is 5.32. The molecule has 2 nitrogen and oxygen atoms in total. The van der Waals surface area contributed by atoms with Gasteiger partial charge in [0.25, 0.3) is 0 Å². The fourth-order valence-electron chi connectivity index (χ4n) is 2.08. The molecule has 15 heavy (non-hydrogen) atoms. The smallest absolute Gasteiger partial charge is 0.0593 e. The molecule has 0 aromatic heterocycles. The van der Waals surface area contributed by atoms with Crippen LogP contribution in [0.5, 0.6) is 0 Å². The third-order valence-electron chi connectivity index (χ3n) is 3.18. The maximum absolute atomic E-state index is 5.51. The second-order valence-corrected chi connectivity index (χ2v) is 5.91. The molecule has 0 bridgehead atoms. The number of ether oxygens (including phenoxy) is 1. The summed E-state index contributed by atoms with van der Waals surface area (Å²) in [5, 5.41) is 0. The SMILES string of the molecule is CCCOCCN1CCC(C(C)Br)CC1. The van der Waals surface area contributed by atoms with E-state index >= 15 is 0 Å². The summed E-state index contributed by atoms with van der Waals surface area (Å²) in [6.07, 6.45) is 3.80. The van der Waals surface area contributed by atoms with Crippen LogP contribution in [0.3, 0.4) is 0 Å². The largest absolute Gasteiger partial charge is 0.380 e. The highest BCUT2D eigenvalue weighted by molar-refractivity contribution is 9.09. The standard InChI is InChI=1S/C12H24BrNO/c1-3-9-15-10-8-14-6-4-12(5-7-14)11(2)13/h11-12H,3-10H2,1-2H3. The van der Waals surface area contributed by atoms with E-state index in [0.717, 1.165) is 32.1 Å². The zero-order chi connectivity index (χ0) is 11.1. The number of hydrogen-bond acceptors (Lipinski definition) is 2. The lowest BCUT2D eigenvalue weighted by molar-refractivity contribution is 0.0890. The van der Waals surface area contributed by atoms with Crippen LogP contribution in [0.15, 0.2) is 0 Å². The summed E-state index contributed by atoms with van der Waals surface area (Å²) in [6.45, 7) is 9.85. The topological polar surface area (TPSA) is 12.5 Å². The highest BCUT2D eigenvalue weighted by Gasteiger charge is 2.21. The van der Waals surface area contributed by atoms with Gasteiger partial charge in [-0.25, -0.2) is 0 Å². The van der Waals surface area contributed by atoms with Crippen LogP contribution < -0.4 is 0 Å². The monoisotopic (exact) mass is 277 g/mol. The van der Waals surface area contributed by atoms with E-state index in [4.69, 9.17) is 4.74 Å². The van der Waals surface area contributed by atoms with E-state index in [1.165, 1.54) is 25.9 Å². The van der Waals surface area contributed by atoms with Crippen molar-refractivity contribution in [3.05, 3.63) is 0 Å². The molecule has 0 aromatic rings. The van der Waals surface area contributed by atoms with Gasteiger partial charge in [-0.3, -0.25) is 0 Å². The number of likely N-dealkylation sites (tertiary alicyclic amines) is 1. The number of rotatable bonds is 6. The first-order valence-electron chi connectivity index (χ1n) is 6.18. The average Bonchev–Trinajstić information content (AvgIpc) is 2.25. The number of hydrogen-bond donors (Lipinski definition) is 0. The molecule has 0 aromatic carbocycles. The van der Waals surface area contributed by atoms with Crippen molar-refractivity contribution in [3.8, 4) is 0 Å². The van der Waals surface area contributed by atoms with Crippen molar-refractivity contribution in [1.82, 2.24) is 4.90 Å². The van der Waals surface area contributed by atoms with Crippen LogP contribution in [0.4, 0.5) is 0 Å². The van der Waals surface area contributed by atoms with E-state index in [2.05, 4.69) is 34.7 Å². The number of halogens is 1. The summed E-state index contributed by atoms with van der Waals surface area (Å²) in [5.41, 5.74) is 0. The molecule has 90 valence electrons. The van der Waals surface area contributed by atoms with Crippen molar-refractivity contribution >= 4 is 15.9 Å². The van der Waals surface area contributed by atoms with E-state index in [0.29, 0.717) is 4.83 Å². The van der Waals surface area contributed by atoms with Gasteiger partial charge in [-0.2, -0.15) is 0 Å². The second kappa shape index (κ2) is 7.64.